The molecular weight excluding hydrogens is 310 g/mol. The van der Waals surface area contributed by atoms with E-state index in [0.29, 0.717) is 11.1 Å². The van der Waals surface area contributed by atoms with Gasteiger partial charge in [-0.2, -0.15) is 0 Å². The number of fused-ring (bicyclic) bond motifs is 1. The number of pyridine rings is 1. The molecule has 2 aromatic heterocycles. The number of rotatable bonds is 3. The minimum absolute atomic E-state index is 0.109. The summed E-state index contributed by atoms with van der Waals surface area (Å²) in [5, 5.41) is 0. The Balaban J connectivity index is 2.02. The van der Waals surface area contributed by atoms with Crippen molar-refractivity contribution in [1.29, 1.82) is 0 Å². The molecule has 0 spiro atoms. The summed E-state index contributed by atoms with van der Waals surface area (Å²) in [5.41, 5.74) is 2.32. The van der Waals surface area contributed by atoms with E-state index in [-0.39, 0.29) is 12.3 Å². The van der Waals surface area contributed by atoms with Crippen LogP contribution in [0, 0.1) is 17.0 Å². The zero-order chi connectivity index (χ0) is 17.5. The normalized spacial score (nSPS) is 11.9. The van der Waals surface area contributed by atoms with E-state index in [1.807, 2.05) is 43.7 Å². The molecule has 124 valence electrons. The molecular formula is C19H18F2N2O. The number of benzene rings is 1. The number of nitrogens with zero attached hydrogens (tertiary/aromatic N) is 2. The van der Waals surface area contributed by atoms with Gasteiger partial charge in [-0.05, 0) is 29.8 Å². The number of halogens is 2. The first kappa shape index (κ1) is 16.3. The first-order chi connectivity index (χ1) is 11.3. The minimum atomic E-state index is -0.897. The first-order valence-corrected chi connectivity index (χ1v) is 7.69. The third-order valence-electron chi connectivity index (χ3n) is 4.02. The number of ketones is 1. The van der Waals surface area contributed by atoms with E-state index in [1.165, 1.54) is 6.07 Å². The van der Waals surface area contributed by atoms with E-state index in [0.717, 1.165) is 23.2 Å². The lowest BCUT2D eigenvalue weighted by atomic mass is 9.91. The number of aromatic nitrogens is 2. The lowest BCUT2D eigenvalue weighted by molar-refractivity contribution is -0.126. The lowest BCUT2D eigenvalue weighted by Gasteiger charge is -2.17. The van der Waals surface area contributed by atoms with E-state index in [4.69, 9.17) is 0 Å². The maximum Gasteiger partial charge on any atom is 0.159 e. The van der Waals surface area contributed by atoms with Crippen LogP contribution in [0.4, 0.5) is 8.78 Å². The molecule has 2 heterocycles. The Labute approximate surface area is 138 Å². The molecule has 3 rings (SSSR count). The molecule has 0 aliphatic carbocycles. The monoisotopic (exact) mass is 328 g/mol. The highest BCUT2D eigenvalue weighted by Gasteiger charge is 2.21. The summed E-state index contributed by atoms with van der Waals surface area (Å²) < 4.78 is 28.4. The summed E-state index contributed by atoms with van der Waals surface area (Å²) in [6.07, 6.45) is 3.43. The van der Waals surface area contributed by atoms with Crippen molar-refractivity contribution in [3.05, 3.63) is 54.4 Å². The second kappa shape index (κ2) is 5.82. The molecule has 0 saturated heterocycles. The highest BCUT2D eigenvalue weighted by molar-refractivity contribution is 5.87. The Morgan fingerprint density at radius 1 is 1.08 bits per heavy atom. The van der Waals surface area contributed by atoms with Crippen LogP contribution < -0.4 is 0 Å². The Morgan fingerprint density at radius 2 is 1.83 bits per heavy atom. The van der Waals surface area contributed by atoms with Gasteiger partial charge in [0.25, 0.3) is 0 Å². The van der Waals surface area contributed by atoms with Crippen molar-refractivity contribution in [2.24, 2.45) is 5.41 Å². The molecule has 0 bridgehead atoms. The van der Waals surface area contributed by atoms with Gasteiger partial charge in [-0.25, -0.2) is 8.78 Å². The van der Waals surface area contributed by atoms with Crippen LogP contribution in [-0.4, -0.2) is 15.3 Å². The summed E-state index contributed by atoms with van der Waals surface area (Å²) in [5.74, 6) is -1.67. The molecule has 0 radical (unpaired) electrons. The van der Waals surface area contributed by atoms with Gasteiger partial charge in [-0.15, -0.1) is 0 Å². The van der Waals surface area contributed by atoms with Crippen molar-refractivity contribution in [3.8, 4) is 11.1 Å². The fourth-order valence-electron chi connectivity index (χ4n) is 2.43. The van der Waals surface area contributed by atoms with Crippen LogP contribution in [0.5, 0.6) is 0 Å². The van der Waals surface area contributed by atoms with Crippen LogP contribution in [0.25, 0.3) is 22.2 Å². The van der Waals surface area contributed by atoms with Crippen molar-refractivity contribution >= 4 is 16.8 Å². The fraction of sp³-hybridized carbons (Fsp3) is 0.263. The van der Waals surface area contributed by atoms with Gasteiger partial charge in [0, 0.05) is 23.4 Å². The van der Waals surface area contributed by atoms with Crippen LogP contribution >= 0.6 is 0 Å². The van der Waals surface area contributed by atoms with Gasteiger partial charge < -0.3 is 4.57 Å². The Hall–Kier alpha value is -2.56. The van der Waals surface area contributed by atoms with Crippen molar-refractivity contribution in [1.82, 2.24) is 9.55 Å². The molecule has 24 heavy (non-hydrogen) atoms. The third-order valence-corrected chi connectivity index (χ3v) is 4.02. The Bertz CT molecular complexity index is 923. The van der Waals surface area contributed by atoms with Gasteiger partial charge in [0.1, 0.15) is 0 Å². The predicted octanol–water partition coefficient (Wildman–Crippen LogP) is 4.60. The van der Waals surface area contributed by atoms with E-state index in [9.17, 15) is 13.6 Å². The standard InChI is InChI=1S/C19H18F2N2O/c1-19(2,3)18(24)11-23-7-6-16-17(23)9-13(10-22-16)12-4-5-14(20)15(21)8-12/h4-10H,11H2,1-3H3. The van der Waals surface area contributed by atoms with E-state index < -0.39 is 17.0 Å². The predicted molar refractivity (Wildman–Crippen MR) is 89.5 cm³/mol. The summed E-state index contributed by atoms with van der Waals surface area (Å²) in [4.78, 5) is 16.6. The summed E-state index contributed by atoms with van der Waals surface area (Å²) in [7, 11) is 0. The average Bonchev–Trinajstić information content (AvgIpc) is 2.91. The summed E-state index contributed by atoms with van der Waals surface area (Å²) >= 11 is 0. The van der Waals surface area contributed by atoms with E-state index in [2.05, 4.69) is 4.98 Å². The second-order valence-electron chi connectivity index (χ2n) is 6.87. The molecule has 0 aliphatic rings. The quantitative estimate of drug-likeness (QED) is 0.704. The highest BCUT2D eigenvalue weighted by atomic mass is 19.2. The zero-order valence-electron chi connectivity index (χ0n) is 13.8. The largest absolute Gasteiger partial charge is 0.339 e. The number of hydrogen-bond acceptors (Lipinski definition) is 2. The van der Waals surface area contributed by atoms with Crippen LogP contribution in [0.3, 0.4) is 0 Å². The van der Waals surface area contributed by atoms with Crippen LogP contribution in [0.15, 0.2) is 42.7 Å². The SMILES string of the molecule is CC(C)(C)C(=O)Cn1ccc2ncc(-c3ccc(F)c(F)c3)cc21. The lowest BCUT2D eigenvalue weighted by Crippen LogP contribution is -2.24. The maximum absolute atomic E-state index is 13.5. The van der Waals surface area contributed by atoms with Crippen molar-refractivity contribution < 1.29 is 13.6 Å². The molecule has 1 aromatic carbocycles. The molecule has 3 nitrogen and oxygen atoms in total. The van der Waals surface area contributed by atoms with Gasteiger partial charge in [0.2, 0.25) is 0 Å². The molecule has 0 fully saturated rings. The molecule has 0 saturated carbocycles. The molecule has 0 N–H and O–H groups in total. The van der Waals surface area contributed by atoms with Gasteiger partial charge >= 0.3 is 0 Å². The van der Waals surface area contributed by atoms with Crippen LogP contribution in [-0.2, 0) is 11.3 Å². The number of hydrogen-bond donors (Lipinski definition) is 0. The summed E-state index contributed by atoms with van der Waals surface area (Å²) in [6.45, 7) is 5.89. The molecule has 0 amide bonds. The van der Waals surface area contributed by atoms with E-state index >= 15 is 0 Å². The molecule has 0 atom stereocenters. The average molecular weight is 328 g/mol. The van der Waals surface area contributed by atoms with Gasteiger partial charge in [0.05, 0.1) is 17.6 Å². The maximum atomic E-state index is 13.5. The van der Waals surface area contributed by atoms with Gasteiger partial charge in [-0.1, -0.05) is 26.8 Å². The highest BCUT2D eigenvalue weighted by Crippen LogP contribution is 2.25. The summed E-state index contributed by atoms with van der Waals surface area (Å²) in [6, 6.07) is 7.42. The zero-order valence-corrected chi connectivity index (χ0v) is 13.8. The third kappa shape index (κ3) is 3.07. The Morgan fingerprint density at radius 3 is 2.50 bits per heavy atom. The topological polar surface area (TPSA) is 34.9 Å². The molecule has 0 aliphatic heterocycles. The van der Waals surface area contributed by atoms with E-state index in [1.54, 1.807) is 6.20 Å². The number of carbonyl (C=O) groups excluding carboxylic acids is 1. The molecule has 5 heteroatoms. The number of carbonyl (C=O) groups is 1. The molecule has 3 aromatic rings. The number of Topliss-reactive ketones (excluding diaryl/α,β-unsaturated/α-hetero) is 1. The minimum Gasteiger partial charge on any atom is -0.339 e. The first-order valence-electron chi connectivity index (χ1n) is 7.69. The van der Waals surface area contributed by atoms with Crippen LogP contribution in [0.2, 0.25) is 0 Å². The van der Waals surface area contributed by atoms with Crippen molar-refractivity contribution in [2.45, 2.75) is 27.3 Å². The second-order valence-corrected chi connectivity index (χ2v) is 6.87. The van der Waals surface area contributed by atoms with Crippen molar-refractivity contribution in [2.75, 3.05) is 0 Å². The van der Waals surface area contributed by atoms with Crippen molar-refractivity contribution in [3.63, 3.8) is 0 Å². The smallest absolute Gasteiger partial charge is 0.159 e. The van der Waals surface area contributed by atoms with Crippen LogP contribution in [0.1, 0.15) is 20.8 Å². The van der Waals surface area contributed by atoms with Gasteiger partial charge in [-0.3, -0.25) is 9.78 Å². The fourth-order valence-corrected chi connectivity index (χ4v) is 2.43. The molecule has 0 unspecified atom stereocenters. The Kier molecular flexibility index (Phi) is 3.95. The van der Waals surface area contributed by atoms with Gasteiger partial charge in [0.15, 0.2) is 17.4 Å².